The zero-order valence-corrected chi connectivity index (χ0v) is 25.2. The van der Waals surface area contributed by atoms with Gasteiger partial charge in [0.25, 0.3) is 0 Å². The molecule has 0 bridgehead atoms. The Bertz CT molecular complexity index is 2490. The molecule has 0 aliphatic carbocycles. The van der Waals surface area contributed by atoms with Gasteiger partial charge in [-0.3, -0.25) is 0 Å². The molecule has 7 aromatic carbocycles. The summed E-state index contributed by atoms with van der Waals surface area (Å²) in [6.45, 7) is 0. The van der Waals surface area contributed by atoms with Crippen LogP contribution in [-0.4, -0.2) is 0 Å². The van der Waals surface area contributed by atoms with Crippen molar-refractivity contribution in [3.63, 3.8) is 0 Å². The van der Waals surface area contributed by atoms with Crippen LogP contribution in [0.25, 0.3) is 64.4 Å². The van der Waals surface area contributed by atoms with Crippen LogP contribution in [0.2, 0.25) is 0 Å². The Labute approximate surface area is 265 Å². The lowest BCUT2D eigenvalue weighted by molar-refractivity contribution is 0.669. The maximum Gasteiger partial charge on any atom is 0.160 e. The molecule has 9 aromatic rings. The van der Waals surface area contributed by atoms with Crippen molar-refractivity contribution < 1.29 is 4.42 Å². The fraction of sp³-hybridized carbons (Fsp3) is 0. The first-order valence-electron chi connectivity index (χ1n) is 15.2. The molecule has 212 valence electrons. The van der Waals surface area contributed by atoms with Crippen LogP contribution >= 0.6 is 11.3 Å². The van der Waals surface area contributed by atoms with Gasteiger partial charge in [0.2, 0.25) is 0 Å². The molecule has 2 aromatic heterocycles. The van der Waals surface area contributed by atoms with E-state index in [1.807, 2.05) is 17.4 Å². The third-order valence-electron chi connectivity index (χ3n) is 8.68. The fourth-order valence-corrected chi connectivity index (χ4v) is 7.76. The van der Waals surface area contributed by atoms with E-state index in [1.165, 1.54) is 25.7 Å². The minimum atomic E-state index is 0.872. The number of nitrogens with zero attached hydrogens (tertiary/aromatic N) is 1. The number of para-hydroxylation sites is 2. The Morgan fingerprint density at radius 1 is 0.444 bits per heavy atom. The summed E-state index contributed by atoms with van der Waals surface area (Å²) in [5.41, 5.74) is 9.53. The third-order valence-corrected chi connectivity index (χ3v) is 9.81. The molecule has 3 heteroatoms. The average Bonchev–Trinajstić information content (AvgIpc) is 3.68. The Hall–Kier alpha value is -5.64. The number of fused-ring (bicyclic) bond motifs is 6. The van der Waals surface area contributed by atoms with E-state index in [0.29, 0.717) is 0 Å². The van der Waals surface area contributed by atoms with Crippen LogP contribution in [0.5, 0.6) is 0 Å². The predicted molar refractivity (Wildman–Crippen MR) is 192 cm³/mol. The minimum absolute atomic E-state index is 0.872. The summed E-state index contributed by atoms with van der Waals surface area (Å²) in [5.74, 6) is 0. The highest BCUT2D eigenvalue weighted by atomic mass is 32.1. The van der Waals surface area contributed by atoms with Crippen molar-refractivity contribution in [1.82, 2.24) is 0 Å². The SMILES string of the molecule is c1ccc(-c2ccccc2N(c2ccc3c(c2)sc2ccccc23)c2c(-c3ccccc3)ccc3c2oc2ccccc23)cc1. The Balaban J connectivity index is 1.42. The van der Waals surface area contributed by atoms with Crippen LogP contribution in [0.15, 0.2) is 168 Å². The zero-order chi connectivity index (χ0) is 29.7. The normalized spacial score (nSPS) is 11.6. The highest BCUT2D eigenvalue weighted by molar-refractivity contribution is 7.25. The summed E-state index contributed by atoms with van der Waals surface area (Å²) in [5, 5.41) is 4.79. The van der Waals surface area contributed by atoms with Gasteiger partial charge < -0.3 is 9.32 Å². The van der Waals surface area contributed by atoms with E-state index in [0.717, 1.165) is 55.7 Å². The number of hydrogen-bond acceptors (Lipinski definition) is 3. The van der Waals surface area contributed by atoms with Gasteiger partial charge >= 0.3 is 0 Å². The second-order valence-corrected chi connectivity index (χ2v) is 12.4. The molecule has 0 N–H and O–H groups in total. The molecule has 0 fully saturated rings. The summed E-state index contributed by atoms with van der Waals surface area (Å²) in [4.78, 5) is 2.42. The third kappa shape index (κ3) is 4.24. The molecule has 0 saturated carbocycles. The molecule has 9 rings (SSSR count). The van der Waals surface area contributed by atoms with Gasteiger partial charge in [-0.1, -0.05) is 127 Å². The zero-order valence-electron chi connectivity index (χ0n) is 24.4. The van der Waals surface area contributed by atoms with Gasteiger partial charge in [-0.25, -0.2) is 0 Å². The maximum atomic E-state index is 6.81. The van der Waals surface area contributed by atoms with Crippen LogP contribution in [0.4, 0.5) is 17.1 Å². The topological polar surface area (TPSA) is 16.4 Å². The first-order chi connectivity index (χ1) is 22.3. The predicted octanol–water partition coefficient (Wildman–Crippen LogP) is 12.8. The molecule has 0 spiro atoms. The van der Waals surface area contributed by atoms with Crippen molar-refractivity contribution in [2.75, 3.05) is 4.90 Å². The van der Waals surface area contributed by atoms with E-state index in [4.69, 9.17) is 4.42 Å². The first-order valence-corrected chi connectivity index (χ1v) is 16.0. The van der Waals surface area contributed by atoms with Crippen LogP contribution in [0.3, 0.4) is 0 Å². The Morgan fingerprint density at radius 2 is 1.07 bits per heavy atom. The molecule has 0 atom stereocenters. The summed E-state index contributed by atoms with van der Waals surface area (Å²) in [6.07, 6.45) is 0. The molecule has 2 heterocycles. The molecule has 45 heavy (non-hydrogen) atoms. The maximum absolute atomic E-state index is 6.81. The van der Waals surface area contributed by atoms with Gasteiger partial charge in [-0.15, -0.1) is 11.3 Å². The van der Waals surface area contributed by atoms with E-state index in [9.17, 15) is 0 Å². The quantitative estimate of drug-likeness (QED) is 0.197. The van der Waals surface area contributed by atoms with Crippen molar-refractivity contribution in [3.8, 4) is 22.3 Å². The Morgan fingerprint density at radius 3 is 1.89 bits per heavy atom. The second kappa shape index (κ2) is 10.5. The lowest BCUT2D eigenvalue weighted by Crippen LogP contribution is -2.13. The molecular weight excluding hydrogens is 567 g/mol. The number of thiophene rings is 1. The molecule has 2 nitrogen and oxygen atoms in total. The van der Waals surface area contributed by atoms with Crippen molar-refractivity contribution >= 4 is 70.5 Å². The molecule has 0 saturated heterocycles. The van der Waals surface area contributed by atoms with Crippen LogP contribution in [-0.2, 0) is 0 Å². The number of furan rings is 1. The molecule has 0 unspecified atom stereocenters. The van der Waals surface area contributed by atoms with Gasteiger partial charge in [0.15, 0.2) is 5.58 Å². The highest BCUT2D eigenvalue weighted by Gasteiger charge is 2.26. The smallest absolute Gasteiger partial charge is 0.160 e. The molecule has 0 aliphatic rings. The van der Waals surface area contributed by atoms with Crippen LogP contribution in [0.1, 0.15) is 0 Å². The van der Waals surface area contributed by atoms with E-state index < -0.39 is 0 Å². The highest BCUT2D eigenvalue weighted by Crippen LogP contribution is 2.50. The first kappa shape index (κ1) is 25.8. The number of hydrogen-bond donors (Lipinski definition) is 0. The molecule has 0 amide bonds. The standard InChI is InChI=1S/C42H27NOS/c1-3-13-28(14-4-1)31-17-7-10-20-37(31)43(30-23-24-35-34-19-9-12-22-39(34)45-40(35)27-30)41-32(29-15-5-2-6-16-29)25-26-36-33-18-8-11-21-38(33)44-42(36)41/h1-27H. The van der Waals surface area contributed by atoms with E-state index >= 15 is 0 Å². The van der Waals surface area contributed by atoms with Crippen molar-refractivity contribution in [2.24, 2.45) is 0 Å². The average molecular weight is 594 g/mol. The van der Waals surface area contributed by atoms with Gasteiger partial charge in [-0.2, -0.15) is 0 Å². The van der Waals surface area contributed by atoms with Gasteiger partial charge in [-0.05, 0) is 47.5 Å². The van der Waals surface area contributed by atoms with Crippen LogP contribution < -0.4 is 4.90 Å². The fourth-order valence-electron chi connectivity index (χ4n) is 6.62. The molecule has 0 aliphatic heterocycles. The van der Waals surface area contributed by atoms with Gasteiger partial charge in [0, 0.05) is 47.8 Å². The molecule has 0 radical (unpaired) electrons. The van der Waals surface area contributed by atoms with E-state index in [2.05, 4.69) is 163 Å². The number of anilines is 3. The summed E-state index contributed by atoms with van der Waals surface area (Å²) in [7, 11) is 0. The lowest BCUT2D eigenvalue weighted by Gasteiger charge is -2.30. The summed E-state index contributed by atoms with van der Waals surface area (Å²) >= 11 is 1.84. The van der Waals surface area contributed by atoms with Crippen LogP contribution in [0, 0.1) is 0 Å². The van der Waals surface area contributed by atoms with E-state index in [1.54, 1.807) is 0 Å². The summed E-state index contributed by atoms with van der Waals surface area (Å²) in [6, 6.07) is 58.4. The van der Waals surface area contributed by atoms with Crippen molar-refractivity contribution in [3.05, 3.63) is 164 Å². The van der Waals surface area contributed by atoms with Crippen molar-refractivity contribution in [2.45, 2.75) is 0 Å². The largest absolute Gasteiger partial charge is 0.454 e. The lowest BCUT2D eigenvalue weighted by atomic mass is 9.97. The second-order valence-electron chi connectivity index (χ2n) is 11.3. The van der Waals surface area contributed by atoms with Gasteiger partial charge in [0.05, 0.1) is 11.4 Å². The number of benzene rings is 7. The van der Waals surface area contributed by atoms with E-state index in [-0.39, 0.29) is 0 Å². The Kier molecular flexibility index (Phi) is 6.03. The minimum Gasteiger partial charge on any atom is -0.454 e. The monoisotopic (exact) mass is 593 g/mol. The number of rotatable bonds is 5. The summed E-state index contributed by atoms with van der Waals surface area (Å²) < 4.78 is 9.37. The van der Waals surface area contributed by atoms with Crippen molar-refractivity contribution in [1.29, 1.82) is 0 Å². The van der Waals surface area contributed by atoms with Gasteiger partial charge in [0.1, 0.15) is 5.58 Å². The molecular formula is C42H27NOS.